The summed E-state index contributed by atoms with van der Waals surface area (Å²) in [6.45, 7) is 4.08. The summed E-state index contributed by atoms with van der Waals surface area (Å²) >= 11 is 0. The molecule has 1 N–H and O–H groups in total. The number of benzene rings is 2. The first kappa shape index (κ1) is 16.4. The van der Waals surface area contributed by atoms with Crippen molar-refractivity contribution < 1.29 is 9.53 Å². The minimum Gasteiger partial charge on any atom is -0.490 e. The second-order valence-electron chi connectivity index (χ2n) is 5.20. The van der Waals surface area contributed by atoms with E-state index in [4.69, 9.17) is 4.74 Å². The van der Waals surface area contributed by atoms with Crippen molar-refractivity contribution in [1.29, 1.82) is 0 Å². The standard InChI is InChI=1S/C18H17N5O2/c1-2-10-25-15-7-5-6-14(11-15)12-19-21-18(24)13-23-17-9-4-3-8-16(17)20-22-23/h2-9,11-12H,1,10,13H2,(H,21,24)/b19-12-. The zero-order valence-electron chi connectivity index (χ0n) is 13.5. The van der Waals surface area contributed by atoms with E-state index < -0.39 is 0 Å². The number of hydrogen-bond donors (Lipinski definition) is 1. The Bertz CT molecular complexity index is 916. The van der Waals surface area contributed by atoms with Crippen molar-refractivity contribution in [3.63, 3.8) is 0 Å². The van der Waals surface area contributed by atoms with Gasteiger partial charge in [-0.05, 0) is 29.8 Å². The third-order valence-electron chi connectivity index (χ3n) is 3.34. The van der Waals surface area contributed by atoms with Gasteiger partial charge >= 0.3 is 0 Å². The molecule has 25 heavy (non-hydrogen) atoms. The zero-order chi connectivity index (χ0) is 17.5. The fourth-order valence-corrected chi connectivity index (χ4v) is 2.22. The minimum absolute atomic E-state index is 0.0420. The van der Waals surface area contributed by atoms with Gasteiger partial charge in [0.1, 0.15) is 24.4 Å². The normalized spacial score (nSPS) is 10.9. The van der Waals surface area contributed by atoms with Crippen molar-refractivity contribution >= 4 is 23.2 Å². The molecule has 0 unspecified atom stereocenters. The van der Waals surface area contributed by atoms with E-state index in [-0.39, 0.29) is 12.5 Å². The van der Waals surface area contributed by atoms with Crippen molar-refractivity contribution in [2.24, 2.45) is 5.10 Å². The molecule has 1 aromatic heterocycles. The molecular weight excluding hydrogens is 318 g/mol. The highest BCUT2D eigenvalue weighted by molar-refractivity contribution is 5.83. The summed E-state index contributed by atoms with van der Waals surface area (Å²) in [6, 6.07) is 14.8. The first-order chi connectivity index (χ1) is 12.3. The van der Waals surface area contributed by atoms with Crippen LogP contribution in [-0.4, -0.2) is 33.7 Å². The number of rotatable bonds is 7. The maximum Gasteiger partial charge on any atom is 0.261 e. The van der Waals surface area contributed by atoms with Crippen LogP contribution in [0.3, 0.4) is 0 Å². The molecule has 1 heterocycles. The molecule has 7 nitrogen and oxygen atoms in total. The van der Waals surface area contributed by atoms with Crippen molar-refractivity contribution in [3.8, 4) is 5.75 Å². The van der Waals surface area contributed by atoms with E-state index in [0.717, 1.165) is 16.6 Å². The number of hydrazone groups is 1. The lowest BCUT2D eigenvalue weighted by Crippen LogP contribution is -2.23. The van der Waals surface area contributed by atoms with E-state index in [1.165, 1.54) is 4.68 Å². The second-order valence-corrected chi connectivity index (χ2v) is 5.20. The first-order valence-electron chi connectivity index (χ1n) is 7.70. The van der Waals surface area contributed by atoms with Gasteiger partial charge in [0.25, 0.3) is 5.91 Å². The molecule has 0 aliphatic rings. The largest absolute Gasteiger partial charge is 0.490 e. The summed E-state index contributed by atoms with van der Waals surface area (Å²) in [5.41, 5.74) is 4.84. The maximum absolute atomic E-state index is 12.0. The summed E-state index contributed by atoms with van der Waals surface area (Å²) < 4.78 is 6.98. The molecule has 0 fully saturated rings. The number of aromatic nitrogens is 3. The number of carbonyl (C=O) groups excluding carboxylic acids is 1. The van der Waals surface area contributed by atoms with Crippen LogP contribution in [0.4, 0.5) is 0 Å². The van der Waals surface area contributed by atoms with Crippen LogP contribution < -0.4 is 10.2 Å². The lowest BCUT2D eigenvalue weighted by molar-refractivity contribution is -0.121. The quantitative estimate of drug-likeness (QED) is 0.407. The molecule has 3 rings (SSSR count). The molecule has 0 saturated carbocycles. The molecule has 0 aliphatic heterocycles. The van der Waals surface area contributed by atoms with E-state index in [0.29, 0.717) is 12.4 Å². The molecule has 0 saturated heterocycles. The Morgan fingerprint density at radius 1 is 1.28 bits per heavy atom. The molecule has 3 aromatic rings. The summed E-state index contributed by atoms with van der Waals surface area (Å²) in [7, 11) is 0. The molecule has 2 aromatic carbocycles. The molecule has 7 heteroatoms. The van der Waals surface area contributed by atoms with Gasteiger partial charge in [0.2, 0.25) is 0 Å². The molecule has 0 radical (unpaired) electrons. The van der Waals surface area contributed by atoms with Crippen LogP contribution in [0.25, 0.3) is 11.0 Å². The predicted molar refractivity (Wildman–Crippen MR) is 95.4 cm³/mol. The van der Waals surface area contributed by atoms with Gasteiger partial charge in [-0.25, -0.2) is 10.1 Å². The monoisotopic (exact) mass is 335 g/mol. The number of carbonyl (C=O) groups is 1. The van der Waals surface area contributed by atoms with Gasteiger partial charge in [-0.15, -0.1) is 5.10 Å². The smallest absolute Gasteiger partial charge is 0.261 e. The molecule has 126 valence electrons. The van der Waals surface area contributed by atoms with Crippen LogP contribution in [0.5, 0.6) is 5.75 Å². The van der Waals surface area contributed by atoms with Crippen LogP contribution in [0.15, 0.2) is 66.3 Å². The number of ether oxygens (including phenoxy) is 1. The average Bonchev–Trinajstić information content (AvgIpc) is 3.03. The Hall–Kier alpha value is -3.48. The van der Waals surface area contributed by atoms with Gasteiger partial charge in [0.05, 0.1) is 11.7 Å². The highest BCUT2D eigenvalue weighted by Crippen LogP contribution is 2.12. The van der Waals surface area contributed by atoms with Crippen LogP contribution in [0.2, 0.25) is 0 Å². The predicted octanol–water partition coefficient (Wildman–Crippen LogP) is 2.15. The summed E-state index contributed by atoms with van der Waals surface area (Å²) in [4.78, 5) is 12.0. The summed E-state index contributed by atoms with van der Waals surface area (Å²) in [5, 5.41) is 11.9. The van der Waals surface area contributed by atoms with Crippen molar-refractivity contribution in [1.82, 2.24) is 20.4 Å². The Morgan fingerprint density at radius 3 is 3.04 bits per heavy atom. The van der Waals surface area contributed by atoms with E-state index in [1.54, 1.807) is 12.3 Å². The molecular formula is C18H17N5O2. The van der Waals surface area contributed by atoms with E-state index in [1.807, 2.05) is 48.5 Å². The maximum atomic E-state index is 12.0. The number of fused-ring (bicyclic) bond motifs is 1. The zero-order valence-corrected chi connectivity index (χ0v) is 13.5. The Kier molecular flexibility index (Phi) is 5.16. The molecule has 0 aliphatic carbocycles. The molecule has 0 bridgehead atoms. The van der Waals surface area contributed by atoms with Gasteiger partial charge in [0.15, 0.2) is 0 Å². The van der Waals surface area contributed by atoms with Gasteiger partial charge in [-0.1, -0.05) is 42.1 Å². The average molecular weight is 335 g/mol. The van der Waals surface area contributed by atoms with Crippen LogP contribution in [0.1, 0.15) is 5.56 Å². The van der Waals surface area contributed by atoms with E-state index >= 15 is 0 Å². The van der Waals surface area contributed by atoms with E-state index in [9.17, 15) is 4.79 Å². The topological polar surface area (TPSA) is 81.4 Å². The van der Waals surface area contributed by atoms with Crippen molar-refractivity contribution in [2.45, 2.75) is 6.54 Å². The van der Waals surface area contributed by atoms with Crippen LogP contribution in [0, 0.1) is 0 Å². The number of nitrogens with zero attached hydrogens (tertiary/aromatic N) is 4. The number of hydrogen-bond acceptors (Lipinski definition) is 5. The van der Waals surface area contributed by atoms with Gasteiger partial charge in [-0.3, -0.25) is 4.79 Å². The van der Waals surface area contributed by atoms with Crippen molar-refractivity contribution in [2.75, 3.05) is 6.61 Å². The number of nitrogens with one attached hydrogen (secondary N) is 1. The lowest BCUT2D eigenvalue weighted by atomic mass is 10.2. The summed E-state index contributed by atoms with van der Waals surface area (Å²) in [5.74, 6) is 0.426. The van der Waals surface area contributed by atoms with Crippen LogP contribution in [-0.2, 0) is 11.3 Å². The molecule has 0 atom stereocenters. The van der Waals surface area contributed by atoms with Gasteiger partial charge in [0, 0.05) is 0 Å². The van der Waals surface area contributed by atoms with E-state index in [2.05, 4.69) is 27.4 Å². The Balaban J connectivity index is 1.58. The third kappa shape index (κ3) is 4.29. The highest BCUT2D eigenvalue weighted by Gasteiger charge is 2.07. The third-order valence-corrected chi connectivity index (χ3v) is 3.34. The number of para-hydroxylation sites is 1. The Labute approximate surface area is 144 Å². The van der Waals surface area contributed by atoms with Gasteiger partial charge < -0.3 is 4.74 Å². The highest BCUT2D eigenvalue weighted by atomic mass is 16.5. The molecule has 0 spiro atoms. The molecule has 1 amide bonds. The van der Waals surface area contributed by atoms with Crippen LogP contribution >= 0.6 is 0 Å². The van der Waals surface area contributed by atoms with Crippen molar-refractivity contribution in [3.05, 3.63) is 66.7 Å². The number of amides is 1. The fraction of sp³-hybridized carbons (Fsp3) is 0.111. The SMILES string of the molecule is C=CCOc1cccc(/C=N\NC(=O)Cn2nnc3ccccc32)c1. The fourth-order valence-electron chi connectivity index (χ4n) is 2.22. The summed E-state index contributed by atoms with van der Waals surface area (Å²) in [6.07, 6.45) is 3.23. The first-order valence-corrected chi connectivity index (χ1v) is 7.70. The second kappa shape index (κ2) is 7.87. The minimum atomic E-state index is -0.286. The Morgan fingerprint density at radius 2 is 2.16 bits per heavy atom. The van der Waals surface area contributed by atoms with Gasteiger partial charge in [-0.2, -0.15) is 5.10 Å². The lowest BCUT2D eigenvalue weighted by Gasteiger charge is -2.03.